The summed E-state index contributed by atoms with van der Waals surface area (Å²) in [4.78, 5) is 34.0. The maximum absolute atomic E-state index is 12.0. The Kier molecular flexibility index (Phi) is 6.09. The molecule has 3 amide bonds. The number of carbonyl (C=O) groups is 3. The third-order valence-electron chi connectivity index (χ3n) is 2.00. The number of halogens is 3. The van der Waals surface area contributed by atoms with Crippen LogP contribution in [0.25, 0.3) is 0 Å². The first-order chi connectivity index (χ1) is 8.53. The van der Waals surface area contributed by atoms with E-state index >= 15 is 0 Å². The molecule has 0 saturated heterocycles. The number of rotatable bonds is 6. The molecule has 0 radical (unpaired) electrons. The minimum absolute atomic E-state index is 0.557. The van der Waals surface area contributed by atoms with Crippen molar-refractivity contribution < 1.29 is 32.7 Å². The molecular weight excluding hydrogens is 271 g/mol. The van der Waals surface area contributed by atoms with Crippen molar-refractivity contribution in [1.29, 1.82) is 0 Å². The van der Waals surface area contributed by atoms with Crippen LogP contribution in [-0.4, -0.2) is 65.7 Å². The number of primary amides is 1. The van der Waals surface area contributed by atoms with Gasteiger partial charge >= 0.3 is 18.2 Å². The van der Waals surface area contributed by atoms with Gasteiger partial charge in [-0.25, -0.2) is 4.79 Å². The van der Waals surface area contributed by atoms with E-state index in [1.807, 2.05) is 0 Å². The van der Waals surface area contributed by atoms with Gasteiger partial charge in [0, 0.05) is 13.6 Å². The van der Waals surface area contributed by atoms with Crippen molar-refractivity contribution in [3.63, 3.8) is 0 Å². The van der Waals surface area contributed by atoms with E-state index in [0.717, 1.165) is 7.05 Å². The van der Waals surface area contributed by atoms with E-state index in [0.29, 0.717) is 9.80 Å². The third-order valence-corrected chi connectivity index (χ3v) is 2.00. The van der Waals surface area contributed by atoms with Gasteiger partial charge in [0.2, 0.25) is 5.91 Å². The number of alkyl halides is 3. The lowest BCUT2D eigenvalue weighted by molar-refractivity contribution is -0.139. The van der Waals surface area contributed by atoms with Crippen molar-refractivity contribution in [3.05, 3.63) is 0 Å². The summed E-state index contributed by atoms with van der Waals surface area (Å²) in [5.74, 6) is -2.36. The van der Waals surface area contributed by atoms with Crippen molar-refractivity contribution in [2.45, 2.75) is 12.6 Å². The molecule has 19 heavy (non-hydrogen) atoms. The lowest BCUT2D eigenvalue weighted by Gasteiger charge is -2.26. The van der Waals surface area contributed by atoms with Gasteiger partial charge in [-0.3, -0.25) is 9.59 Å². The fourth-order valence-corrected chi connectivity index (χ4v) is 1.17. The van der Waals surface area contributed by atoms with Crippen molar-refractivity contribution in [2.75, 3.05) is 26.7 Å². The van der Waals surface area contributed by atoms with E-state index < -0.39 is 50.1 Å². The Balaban J connectivity index is 4.60. The van der Waals surface area contributed by atoms with E-state index in [9.17, 15) is 27.6 Å². The second kappa shape index (κ2) is 6.81. The van der Waals surface area contributed by atoms with Gasteiger partial charge in [-0.05, 0) is 0 Å². The van der Waals surface area contributed by atoms with Gasteiger partial charge in [0.1, 0.15) is 13.1 Å². The van der Waals surface area contributed by atoms with Crippen LogP contribution in [-0.2, 0) is 9.59 Å². The highest BCUT2D eigenvalue weighted by atomic mass is 19.4. The number of hydrogen-bond donors (Lipinski definition) is 2. The highest BCUT2D eigenvalue weighted by Gasteiger charge is 2.29. The number of carbonyl (C=O) groups excluding carboxylic acids is 2. The molecule has 0 aliphatic heterocycles. The first kappa shape index (κ1) is 17.0. The van der Waals surface area contributed by atoms with Crippen LogP contribution < -0.4 is 5.73 Å². The first-order valence-corrected chi connectivity index (χ1v) is 5.10. The van der Waals surface area contributed by atoms with E-state index in [1.165, 1.54) is 0 Å². The standard InChI is InChI=1S/C9H14F3N3O4/c1-14(3-2-9(10,11)12)8(19)15(4-6(13)16)5-7(17)18/h2-5H2,1H3,(H2,13,16)(H,17,18). The Hall–Kier alpha value is -2.00. The van der Waals surface area contributed by atoms with Gasteiger partial charge in [0.25, 0.3) is 0 Å². The number of amides is 3. The summed E-state index contributed by atoms with van der Waals surface area (Å²) in [6.45, 7) is -2.14. The van der Waals surface area contributed by atoms with Crippen LogP contribution in [0.1, 0.15) is 6.42 Å². The number of aliphatic carboxylic acids is 1. The smallest absolute Gasteiger partial charge is 0.390 e. The van der Waals surface area contributed by atoms with Gasteiger partial charge in [-0.2, -0.15) is 13.2 Å². The number of hydrogen-bond acceptors (Lipinski definition) is 3. The highest BCUT2D eigenvalue weighted by molar-refractivity contribution is 5.85. The molecule has 0 atom stereocenters. The Labute approximate surface area is 106 Å². The Morgan fingerprint density at radius 3 is 2.11 bits per heavy atom. The topological polar surface area (TPSA) is 104 Å². The van der Waals surface area contributed by atoms with E-state index in [4.69, 9.17) is 10.8 Å². The molecule has 0 aromatic rings. The van der Waals surface area contributed by atoms with Gasteiger partial charge in [0.15, 0.2) is 0 Å². The van der Waals surface area contributed by atoms with Crippen molar-refractivity contribution in [2.24, 2.45) is 5.73 Å². The molecule has 0 bridgehead atoms. The van der Waals surface area contributed by atoms with Crippen LogP contribution >= 0.6 is 0 Å². The monoisotopic (exact) mass is 285 g/mol. The van der Waals surface area contributed by atoms with E-state index in [2.05, 4.69) is 0 Å². The molecule has 0 fully saturated rings. The van der Waals surface area contributed by atoms with Gasteiger partial charge < -0.3 is 20.6 Å². The molecule has 110 valence electrons. The molecular formula is C9H14F3N3O4. The van der Waals surface area contributed by atoms with Crippen LogP contribution in [0.3, 0.4) is 0 Å². The predicted octanol–water partition coefficient (Wildman–Crippen LogP) is -0.137. The molecule has 0 spiro atoms. The van der Waals surface area contributed by atoms with Gasteiger partial charge in [-0.1, -0.05) is 0 Å². The lowest BCUT2D eigenvalue weighted by Crippen LogP contribution is -2.47. The molecule has 0 aromatic carbocycles. The first-order valence-electron chi connectivity index (χ1n) is 5.10. The zero-order valence-electron chi connectivity index (χ0n) is 10.1. The molecule has 0 heterocycles. The van der Waals surface area contributed by atoms with Crippen LogP contribution in [0.15, 0.2) is 0 Å². The number of carboxylic acids is 1. The molecule has 0 aromatic heterocycles. The van der Waals surface area contributed by atoms with Crippen LogP contribution in [0.4, 0.5) is 18.0 Å². The van der Waals surface area contributed by atoms with Crippen molar-refractivity contribution >= 4 is 17.9 Å². The van der Waals surface area contributed by atoms with Gasteiger partial charge in [-0.15, -0.1) is 0 Å². The summed E-state index contributed by atoms with van der Waals surface area (Å²) in [7, 11) is 1.07. The highest BCUT2D eigenvalue weighted by Crippen LogP contribution is 2.19. The average Bonchev–Trinajstić information content (AvgIpc) is 2.21. The Bertz CT molecular complexity index is 343. The number of carboxylic acid groups (broad SMARTS) is 1. The number of nitrogens with zero attached hydrogens (tertiary/aromatic N) is 2. The minimum Gasteiger partial charge on any atom is -0.480 e. The van der Waals surface area contributed by atoms with Crippen LogP contribution in [0.5, 0.6) is 0 Å². The zero-order chi connectivity index (χ0) is 15.2. The van der Waals surface area contributed by atoms with Crippen LogP contribution in [0, 0.1) is 0 Å². The Morgan fingerprint density at radius 1 is 1.21 bits per heavy atom. The fraction of sp³-hybridized carbons (Fsp3) is 0.667. The summed E-state index contributed by atoms with van der Waals surface area (Å²) < 4.78 is 35.9. The largest absolute Gasteiger partial charge is 0.480 e. The molecule has 7 nitrogen and oxygen atoms in total. The van der Waals surface area contributed by atoms with E-state index in [-0.39, 0.29) is 0 Å². The molecule has 10 heteroatoms. The second-order valence-corrected chi connectivity index (χ2v) is 3.79. The Morgan fingerprint density at radius 2 is 1.74 bits per heavy atom. The quantitative estimate of drug-likeness (QED) is 0.709. The van der Waals surface area contributed by atoms with Crippen LogP contribution in [0.2, 0.25) is 0 Å². The number of urea groups is 1. The zero-order valence-corrected chi connectivity index (χ0v) is 10.1. The summed E-state index contributed by atoms with van der Waals surface area (Å²) in [6.07, 6.45) is -5.66. The maximum Gasteiger partial charge on any atom is 0.390 e. The normalized spacial score (nSPS) is 10.9. The molecule has 0 aliphatic carbocycles. The second-order valence-electron chi connectivity index (χ2n) is 3.79. The summed E-state index contributed by atoms with van der Waals surface area (Å²) >= 11 is 0. The molecule has 0 unspecified atom stereocenters. The minimum atomic E-state index is -4.43. The van der Waals surface area contributed by atoms with Crippen molar-refractivity contribution in [3.8, 4) is 0 Å². The van der Waals surface area contributed by atoms with Crippen molar-refractivity contribution in [1.82, 2.24) is 9.80 Å². The SMILES string of the molecule is CN(CCC(F)(F)F)C(=O)N(CC(N)=O)CC(=O)O. The fourth-order valence-electron chi connectivity index (χ4n) is 1.17. The third kappa shape index (κ3) is 7.84. The van der Waals surface area contributed by atoms with Gasteiger partial charge in [0.05, 0.1) is 6.42 Å². The lowest BCUT2D eigenvalue weighted by atomic mass is 10.4. The predicted molar refractivity (Wildman–Crippen MR) is 57.1 cm³/mol. The molecule has 0 rings (SSSR count). The average molecular weight is 285 g/mol. The molecule has 0 aliphatic rings. The molecule has 0 saturated carbocycles. The summed E-state index contributed by atoms with van der Waals surface area (Å²) in [5, 5.41) is 8.54. The maximum atomic E-state index is 12.0. The van der Waals surface area contributed by atoms with E-state index in [1.54, 1.807) is 0 Å². The molecule has 3 N–H and O–H groups in total. The summed E-state index contributed by atoms with van der Waals surface area (Å²) in [5.41, 5.74) is 4.83. The summed E-state index contributed by atoms with van der Waals surface area (Å²) in [6, 6.07) is -1.01. The number of nitrogens with two attached hydrogens (primary N) is 1.